The minimum atomic E-state index is -0.964. The molecule has 0 heterocycles. The first-order chi connectivity index (χ1) is 10.6. The second-order valence-corrected chi connectivity index (χ2v) is 4.28. The Bertz CT molecular complexity index is 508. The predicted molar refractivity (Wildman–Crippen MR) is 83.5 cm³/mol. The Kier molecular flexibility index (Phi) is 7.80. The lowest BCUT2D eigenvalue weighted by molar-refractivity contribution is -0.170. The van der Waals surface area contributed by atoms with Crippen LogP contribution in [-0.2, 0) is 19.1 Å². The number of anilines is 1. The Morgan fingerprint density at radius 3 is 2.27 bits per heavy atom. The molecule has 2 amide bonds. The third-order valence-corrected chi connectivity index (χ3v) is 2.47. The SMILES string of the molecule is CCOC(OCC)C(=O)NN=Cc1ccc(NC(C)=O)cc1. The van der Waals surface area contributed by atoms with Crippen LogP contribution in [0.3, 0.4) is 0 Å². The smallest absolute Gasteiger partial charge is 0.297 e. The van der Waals surface area contributed by atoms with Crippen molar-refractivity contribution in [1.82, 2.24) is 5.43 Å². The van der Waals surface area contributed by atoms with Crippen molar-refractivity contribution in [3.63, 3.8) is 0 Å². The van der Waals surface area contributed by atoms with E-state index in [1.165, 1.54) is 13.1 Å². The maximum Gasteiger partial charge on any atom is 0.297 e. The molecule has 0 aliphatic rings. The molecule has 0 unspecified atom stereocenters. The van der Waals surface area contributed by atoms with Gasteiger partial charge in [-0.2, -0.15) is 5.10 Å². The van der Waals surface area contributed by atoms with Crippen molar-refractivity contribution < 1.29 is 19.1 Å². The number of benzene rings is 1. The van der Waals surface area contributed by atoms with E-state index in [0.717, 1.165) is 5.56 Å². The largest absolute Gasteiger partial charge is 0.345 e. The van der Waals surface area contributed by atoms with Crippen molar-refractivity contribution in [1.29, 1.82) is 0 Å². The van der Waals surface area contributed by atoms with Crippen LogP contribution in [0.1, 0.15) is 26.3 Å². The Morgan fingerprint density at radius 1 is 1.18 bits per heavy atom. The maximum atomic E-state index is 11.8. The topological polar surface area (TPSA) is 89.0 Å². The second kappa shape index (κ2) is 9.64. The molecule has 7 nitrogen and oxygen atoms in total. The Balaban J connectivity index is 2.53. The highest BCUT2D eigenvalue weighted by molar-refractivity contribution is 5.89. The van der Waals surface area contributed by atoms with Crippen LogP contribution in [-0.4, -0.2) is 37.5 Å². The Labute approximate surface area is 129 Å². The Hall–Kier alpha value is -2.25. The zero-order valence-corrected chi connectivity index (χ0v) is 13.0. The summed E-state index contributed by atoms with van der Waals surface area (Å²) >= 11 is 0. The van der Waals surface area contributed by atoms with Crippen molar-refractivity contribution in [3.05, 3.63) is 29.8 Å². The fraction of sp³-hybridized carbons (Fsp3) is 0.400. The Morgan fingerprint density at radius 2 is 1.77 bits per heavy atom. The van der Waals surface area contributed by atoms with Gasteiger partial charge in [0, 0.05) is 25.8 Å². The minimum absolute atomic E-state index is 0.133. The molecule has 0 aliphatic carbocycles. The van der Waals surface area contributed by atoms with Gasteiger partial charge >= 0.3 is 0 Å². The molecule has 7 heteroatoms. The lowest BCUT2D eigenvalue weighted by Crippen LogP contribution is -2.35. The molecule has 0 spiro atoms. The zero-order chi connectivity index (χ0) is 16.4. The van der Waals surface area contributed by atoms with Gasteiger partial charge in [-0.1, -0.05) is 12.1 Å². The molecule has 0 saturated heterocycles. The van der Waals surface area contributed by atoms with E-state index >= 15 is 0 Å². The second-order valence-electron chi connectivity index (χ2n) is 4.28. The summed E-state index contributed by atoms with van der Waals surface area (Å²) in [6, 6.07) is 7.02. The van der Waals surface area contributed by atoms with Crippen LogP contribution in [0.4, 0.5) is 5.69 Å². The van der Waals surface area contributed by atoms with Crippen LogP contribution in [0, 0.1) is 0 Å². The number of nitrogens with one attached hydrogen (secondary N) is 2. The van der Waals surface area contributed by atoms with E-state index in [1.54, 1.807) is 38.1 Å². The molecular weight excluding hydrogens is 286 g/mol. The lowest BCUT2D eigenvalue weighted by Gasteiger charge is -2.14. The highest BCUT2D eigenvalue weighted by atomic mass is 16.7. The predicted octanol–water partition coefficient (Wildman–Crippen LogP) is 1.49. The molecule has 0 bridgehead atoms. The summed E-state index contributed by atoms with van der Waals surface area (Å²) in [5.41, 5.74) is 3.83. The summed E-state index contributed by atoms with van der Waals surface area (Å²) in [6.07, 6.45) is 0.527. The standard InChI is InChI=1S/C15H21N3O4/c1-4-21-15(22-5-2)14(20)18-16-10-12-6-8-13(9-7-12)17-11(3)19/h6-10,15H,4-5H2,1-3H3,(H,17,19)(H,18,20). The van der Waals surface area contributed by atoms with Crippen molar-refractivity contribution >= 4 is 23.7 Å². The van der Waals surface area contributed by atoms with E-state index in [2.05, 4.69) is 15.8 Å². The number of rotatable bonds is 8. The fourth-order valence-corrected chi connectivity index (χ4v) is 1.58. The first-order valence-corrected chi connectivity index (χ1v) is 7.00. The summed E-state index contributed by atoms with van der Waals surface area (Å²) < 4.78 is 10.3. The van der Waals surface area contributed by atoms with Gasteiger partial charge in [0.25, 0.3) is 5.91 Å². The molecule has 0 aliphatic heterocycles. The molecule has 1 aromatic carbocycles. The highest BCUT2D eigenvalue weighted by Crippen LogP contribution is 2.07. The first kappa shape index (κ1) is 17.8. The molecule has 0 atom stereocenters. The van der Waals surface area contributed by atoms with Crippen molar-refractivity contribution in [2.75, 3.05) is 18.5 Å². The molecule has 1 aromatic rings. The number of amides is 2. The van der Waals surface area contributed by atoms with Crippen LogP contribution < -0.4 is 10.7 Å². The molecule has 1 rings (SSSR count). The summed E-state index contributed by atoms with van der Waals surface area (Å²) in [4.78, 5) is 22.7. The zero-order valence-electron chi connectivity index (χ0n) is 13.0. The summed E-state index contributed by atoms with van der Waals surface area (Å²) in [6.45, 7) is 5.73. The van der Waals surface area contributed by atoms with Gasteiger partial charge in [-0.3, -0.25) is 9.59 Å². The van der Waals surface area contributed by atoms with E-state index in [-0.39, 0.29) is 5.91 Å². The molecule has 22 heavy (non-hydrogen) atoms. The third-order valence-electron chi connectivity index (χ3n) is 2.47. The van der Waals surface area contributed by atoms with Crippen LogP contribution in [0.15, 0.2) is 29.4 Å². The quantitative estimate of drug-likeness (QED) is 0.433. The van der Waals surface area contributed by atoms with E-state index in [0.29, 0.717) is 18.9 Å². The van der Waals surface area contributed by atoms with E-state index in [1.807, 2.05) is 0 Å². The van der Waals surface area contributed by atoms with Crippen LogP contribution >= 0.6 is 0 Å². The minimum Gasteiger partial charge on any atom is -0.345 e. The highest BCUT2D eigenvalue weighted by Gasteiger charge is 2.17. The van der Waals surface area contributed by atoms with E-state index < -0.39 is 12.2 Å². The summed E-state index contributed by atoms with van der Waals surface area (Å²) in [5.74, 6) is -0.596. The average Bonchev–Trinajstić information content (AvgIpc) is 2.48. The van der Waals surface area contributed by atoms with E-state index in [9.17, 15) is 9.59 Å². The van der Waals surface area contributed by atoms with Gasteiger partial charge in [-0.05, 0) is 31.5 Å². The molecule has 0 radical (unpaired) electrons. The van der Waals surface area contributed by atoms with Crippen LogP contribution in [0.25, 0.3) is 0 Å². The van der Waals surface area contributed by atoms with Gasteiger partial charge in [0.05, 0.1) is 6.21 Å². The van der Waals surface area contributed by atoms with Crippen molar-refractivity contribution in [3.8, 4) is 0 Å². The molecule has 0 fully saturated rings. The number of hydrogen-bond donors (Lipinski definition) is 2. The molecule has 0 aromatic heterocycles. The molecule has 2 N–H and O–H groups in total. The van der Waals surface area contributed by atoms with Crippen LogP contribution in [0.2, 0.25) is 0 Å². The fourth-order valence-electron chi connectivity index (χ4n) is 1.58. The third kappa shape index (κ3) is 6.47. The first-order valence-electron chi connectivity index (χ1n) is 7.00. The number of carbonyl (C=O) groups is 2. The van der Waals surface area contributed by atoms with Gasteiger partial charge < -0.3 is 14.8 Å². The van der Waals surface area contributed by atoms with Gasteiger partial charge in [-0.25, -0.2) is 5.43 Å². The van der Waals surface area contributed by atoms with Crippen LogP contribution in [0.5, 0.6) is 0 Å². The molecule has 0 saturated carbocycles. The number of hydrogen-bond acceptors (Lipinski definition) is 5. The average molecular weight is 307 g/mol. The summed E-state index contributed by atoms with van der Waals surface area (Å²) in [5, 5.41) is 6.51. The monoisotopic (exact) mass is 307 g/mol. The number of nitrogens with zero attached hydrogens (tertiary/aromatic N) is 1. The van der Waals surface area contributed by atoms with Gasteiger partial charge in [-0.15, -0.1) is 0 Å². The lowest BCUT2D eigenvalue weighted by atomic mass is 10.2. The van der Waals surface area contributed by atoms with Crippen molar-refractivity contribution in [2.24, 2.45) is 5.10 Å². The number of hydrazone groups is 1. The number of ether oxygens (including phenoxy) is 2. The molecular formula is C15H21N3O4. The van der Waals surface area contributed by atoms with Gasteiger partial charge in [0.2, 0.25) is 12.2 Å². The van der Waals surface area contributed by atoms with Crippen molar-refractivity contribution in [2.45, 2.75) is 27.1 Å². The van der Waals surface area contributed by atoms with E-state index in [4.69, 9.17) is 9.47 Å². The normalized spacial score (nSPS) is 10.9. The molecule has 120 valence electrons. The van der Waals surface area contributed by atoms with Gasteiger partial charge in [0.1, 0.15) is 0 Å². The maximum absolute atomic E-state index is 11.8. The number of carbonyl (C=O) groups excluding carboxylic acids is 2. The summed E-state index contributed by atoms with van der Waals surface area (Å²) in [7, 11) is 0. The van der Waals surface area contributed by atoms with Gasteiger partial charge in [0.15, 0.2) is 0 Å².